The van der Waals surface area contributed by atoms with Crippen molar-refractivity contribution in [2.45, 2.75) is 0 Å². The molecule has 0 aliphatic carbocycles. The zero-order chi connectivity index (χ0) is 33.1. The van der Waals surface area contributed by atoms with Gasteiger partial charge in [-0.25, -0.2) is 0 Å². The number of rotatable bonds is 0. The number of hydrogen-bond donors (Lipinski definition) is 0. The summed E-state index contributed by atoms with van der Waals surface area (Å²) in [5.74, 6) is 0. The van der Waals surface area contributed by atoms with Crippen molar-refractivity contribution in [3.8, 4) is 0 Å². The lowest BCUT2D eigenvalue weighted by Crippen LogP contribution is -1.41. The van der Waals surface area contributed by atoms with Crippen LogP contribution in [0.2, 0.25) is 0 Å². The van der Waals surface area contributed by atoms with Gasteiger partial charge in [-0.3, -0.25) is 0 Å². The standard InChI is InChI=1S/CS45/c2-1-4-6-8-10-12-14-16-18-20-22-24-26-28-30-32-34-36-38-40-42-44-46-45-43-41-39-37-35-33-31-29-27-25-23-21-19-17-15-13-11-9-7-5-3. The molecule has 0 heterocycles. The molecule has 0 aliphatic heterocycles. The topological polar surface area (TPSA) is 0 Å². The predicted octanol–water partition coefficient (Wildman–Crippen LogP) is 0.264. The molecule has 45 heteroatoms. The van der Waals surface area contributed by atoms with Gasteiger partial charge in [0.25, 0.3) is 0 Å². The van der Waals surface area contributed by atoms with Crippen LogP contribution in [0, 0.1) is 0 Å². The van der Waals surface area contributed by atoms with Gasteiger partial charge in [-0.2, -0.15) is 0 Å². The third kappa shape index (κ3) is 53.7. The second kappa shape index (κ2) is 54.7. The Morgan fingerprint density at radius 1 is 0.196 bits per heavy atom. The van der Waals surface area contributed by atoms with Crippen molar-refractivity contribution in [2.75, 3.05) is 0 Å². The molecule has 0 aromatic rings. The minimum Gasteiger partial charge on any atom is -0.0148 e. The molecule has 0 atom stereocenters. The van der Waals surface area contributed by atoms with Crippen LogP contribution in [-0.4, -0.2) is 4.31 Å². The molecule has 0 saturated heterocycles. The maximum atomic E-state index is 4.81. The second-order valence-electron chi connectivity index (χ2n) is 3.02. The summed E-state index contributed by atoms with van der Waals surface area (Å²) in [7, 11) is 76.6. The molecule has 0 aromatic carbocycles. The van der Waals surface area contributed by atoms with E-state index < -0.39 is 0 Å². The minimum absolute atomic E-state index is 1.37. The molecule has 0 nitrogen and oxygen atoms in total. The largest absolute Gasteiger partial charge is 0.0298 e. The van der Waals surface area contributed by atoms with Gasteiger partial charge in [0.1, 0.15) is 0 Å². The van der Waals surface area contributed by atoms with Gasteiger partial charge in [-0.05, 0) is 93.2 Å². The number of hydrogen-bond acceptors (Lipinski definition) is 2. The predicted molar refractivity (Wildman–Crippen MR) is 337 cm³/mol. The van der Waals surface area contributed by atoms with E-state index >= 15 is 0 Å². The van der Waals surface area contributed by atoms with Crippen LogP contribution in [0.15, 0.2) is 0 Å². The highest BCUT2D eigenvalue weighted by Gasteiger charge is 1.45. The molecule has 0 bridgehead atoms. The van der Waals surface area contributed by atoms with Crippen LogP contribution in [0.25, 0.3) is 0 Å². The van der Waals surface area contributed by atoms with Crippen LogP contribution in [0.4, 0.5) is 0 Å². The van der Waals surface area contributed by atoms with E-state index in [9.17, 15) is 0 Å². The molecule has 0 spiro atoms. The Morgan fingerprint density at radius 2 is 0.326 bits per heavy atom. The Hall–Kier alpha value is 9.68. The van der Waals surface area contributed by atoms with Gasteiger partial charge in [0.05, 0.1) is 0 Å². The summed E-state index contributed by atoms with van der Waals surface area (Å²) in [5.41, 5.74) is 0. The Morgan fingerprint density at radius 3 is 0.457 bits per heavy atom. The summed E-state index contributed by atoms with van der Waals surface area (Å²) in [6, 6.07) is 0. The minimum atomic E-state index is 1.37. The lowest BCUT2D eigenvalue weighted by Gasteiger charge is -1.41. The highest BCUT2D eigenvalue weighted by atomic mass is 33.5. The molecule has 0 aliphatic rings. The Balaban J connectivity index is 6.06. The second-order valence-corrected chi connectivity index (χ2v) is 78.7. The van der Waals surface area contributed by atoms with Crippen molar-refractivity contribution in [1.82, 2.24) is 0 Å². The molecule has 0 aromatic heterocycles. The van der Waals surface area contributed by atoms with Crippen molar-refractivity contribution >= 4 is 411 Å². The third-order valence-corrected chi connectivity index (χ3v) is 94.1. The van der Waals surface area contributed by atoms with Crippen molar-refractivity contribution in [1.29, 1.82) is 0 Å². The molecule has 0 fully saturated rings. The van der Waals surface area contributed by atoms with Crippen LogP contribution in [-0.2, 0) is 394 Å². The Bertz CT molecular complexity index is 2880. The molecule has 0 N–H and O–H groups in total. The zero-order valence-corrected chi connectivity index (χ0v) is 55.6. The van der Waals surface area contributed by atoms with E-state index in [0.29, 0.717) is 0 Å². The van der Waals surface area contributed by atoms with Crippen molar-refractivity contribution in [2.24, 2.45) is 0 Å². The molecular weight excluding hydrogens is 1460 g/mol. The Kier molecular flexibility index (Phi) is 66.2. The summed E-state index contributed by atoms with van der Waals surface area (Å²) in [5, 5.41) is 0. The molecule has 0 rings (SSSR count). The van der Waals surface area contributed by atoms with Gasteiger partial charge in [-0.15, -0.1) is 0 Å². The first-order valence-electron chi connectivity index (χ1n) is 7.57. The lowest BCUT2D eigenvalue weighted by atomic mass is 12.0. The van der Waals surface area contributed by atoms with Crippen LogP contribution >= 0.6 is 12.2 Å². The van der Waals surface area contributed by atoms with Gasteiger partial charge in [-0.1, -0.05) is 0 Å². The summed E-state index contributed by atoms with van der Waals surface area (Å²) < 4.78 is 2.62. The average molecular weight is 1460 g/mol. The first-order chi connectivity index (χ1) is 22.9. The highest BCUT2D eigenvalue weighted by molar-refractivity contribution is 8.81. The van der Waals surface area contributed by atoms with E-state index in [2.05, 4.69) is 16.5 Å². The third-order valence-electron chi connectivity index (χ3n) is 1.21. The first-order valence-corrected chi connectivity index (χ1v) is 65.7. The van der Waals surface area contributed by atoms with Crippen molar-refractivity contribution in [3.05, 3.63) is 0 Å². The van der Waals surface area contributed by atoms with Gasteiger partial charge in [0.2, 0.25) is 0 Å². The molecular formula is CS45. The zero-order valence-electron chi connectivity index (χ0n) is 18.9. The summed E-state index contributed by atoms with van der Waals surface area (Å²) in [6.45, 7) is 0. The van der Waals surface area contributed by atoms with E-state index in [0.717, 1.165) is 0 Å². The smallest absolute Gasteiger partial charge is 0.0148 e. The lowest BCUT2D eigenvalue weighted by molar-refractivity contribution is 4.64. The maximum Gasteiger partial charge on any atom is 0.0298 e. The molecule has 274 valence electrons. The molecule has 0 saturated carbocycles. The molecule has 0 unspecified atom stereocenters. The molecule has 0 radical (unpaired) electrons. The van der Waals surface area contributed by atoms with Crippen LogP contribution in [0.3, 0.4) is 0 Å². The Labute approximate surface area is 398 Å². The van der Waals surface area contributed by atoms with Gasteiger partial charge in [0, 0.05) is 317 Å². The van der Waals surface area contributed by atoms with Crippen molar-refractivity contribution in [3.63, 3.8) is 0 Å². The van der Waals surface area contributed by atoms with Crippen LogP contribution < -0.4 is 0 Å². The van der Waals surface area contributed by atoms with E-state index in [1.54, 1.807) is 115 Å². The maximum absolute atomic E-state index is 4.81. The fourth-order valence-corrected chi connectivity index (χ4v) is 112. The van der Waals surface area contributed by atoms with E-state index in [1.807, 2.05) is 249 Å². The fraction of sp³-hybridized carbons (Fsp3) is 0. The summed E-state index contributed by atoms with van der Waals surface area (Å²) in [4.78, 5) is 0. The summed E-state index contributed by atoms with van der Waals surface area (Å²) in [6.07, 6.45) is 0. The van der Waals surface area contributed by atoms with Gasteiger partial charge >= 0.3 is 0 Å². The molecule has 0 amide bonds. The van der Waals surface area contributed by atoms with Crippen LogP contribution in [0.5, 0.6) is 0 Å². The number of thiocarbonyl (C=S) groups is 1. The SMILES string of the molecule is S=C=S=S=S=S=S=S=S=S=S=S=S=S=S=S=S=S=S=S=S=S=S=S=S=S=S=S=S=S=S=S=S=S=S=S=S=S=S=S=S=S=S=S=S=S. The van der Waals surface area contributed by atoms with E-state index in [-0.39, 0.29) is 0 Å². The van der Waals surface area contributed by atoms with E-state index in [1.165, 1.54) is 18.8 Å². The van der Waals surface area contributed by atoms with Crippen LogP contribution in [0.1, 0.15) is 0 Å². The first kappa shape index (κ1) is 55.7. The van der Waals surface area contributed by atoms with Gasteiger partial charge < -0.3 is 0 Å². The van der Waals surface area contributed by atoms with Crippen molar-refractivity contribution < 1.29 is 0 Å². The summed E-state index contributed by atoms with van der Waals surface area (Å²) >= 11 is 9.45. The average Bonchev–Trinajstić information content (AvgIpc) is 3.07. The molecule has 46 heavy (non-hydrogen) atoms. The normalized spacial score (nSPS) is 7.65. The highest BCUT2D eigenvalue weighted by Crippen LogP contribution is 1.45. The van der Waals surface area contributed by atoms with Gasteiger partial charge in [0.15, 0.2) is 0 Å². The quantitative estimate of drug-likeness (QED) is 0.320. The fourth-order valence-electron chi connectivity index (χ4n) is 0.481. The monoisotopic (exact) mass is 1450 g/mol. The van der Waals surface area contributed by atoms with E-state index in [4.69, 9.17) is 11.2 Å².